The Morgan fingerprint density at radius 3 is 2.75 bits per heavy atom. The van der Waals surface area contributed by atoms with Crippen LogP contribution >= 0.6 is 0 Å². The molecule has 1 aliphatic carbocycles. The molecule has 0 bridgehead atoms. The van der Waals surface area contributed by atoms with Crippen molar-refractivity contribution in [3.63, 3.8) is 0 Å². The Labute approximate surface area is 124 Å². The molecule has 0 radical (unpaired) electrons. The summed E-state index contributed by atoms with van der Waals surface area (Å²) in [5, 5.41) is 0.130. The third kappa shape index (κ3) is 4.14. The maximum Gasteiger partial charge on any atom is 0.0504 e. The van der Waals surface area contributed by atoms with Gasteiger partial charge in [-0.25, -0.2) is 0 Å². The van der Waals surface area contributed by atoms with E-state index in [1.165, 1.54) is 5.56 Å². The first-order valence-corrected chi connectivity index (χ1v) is 8.77. The highest BCUT2D eigenvalue weighted by atomic mass is 32.2. The second-order valence-electron chi connectivity index (χ2n) is 5.55. The van der Waals surface area contributed by atoms with Crippen molar-refractivity contribution in [3.05, 3.63) is 35.9 Å². The minimum atomic E-state index is -0.838. The Morgan fingerprint density at radius 2 is 2.05 bits per heavy atom. The van der Waals surface area contributed by atoms with Crippen molar-refractivity contribution in [1.29, 1.82) is 0 Å². The van der Waals surface area contributed by atoms with Gasteiger partial charge in [0.25, 0.3) is 0 Å². The molecule has 2 rings (SSSR count). The summed E-state index contributed by atoms with van der Waals surface area (Å²) in [5.74, 6) is 1.21. The Kier molecular flexibility index (Phi) is 6.20. The molecule has 3 nitrogen and oxygen atoms in total. The van der Waals surface area contributed by atoms with Crippen LogP contribution in [0.15, 0.2) is 30.3 Å². The van der Waals surface area contributed by atoms with Gasteiger partial charge in [0, 0.05) is 36.3 Å². The Balaban J connectivity index is 1.96. The Morgan fingerprint density at radius 1 is 1.30 bits per heavy atom. The van der Waals surface area contributed by atoms with Gasteiger partial charge >= 0.3 is 0 Å². The number of benzene rings is 1. The first-order chi connectivity index (χ1) is 9.72. The molecular weight excluding hydrogens is 270 g/mol. The topological polar surface area (TPSA) is 52.3 Å². The molecule has 4 atom stereocenters. The van der Waals surface area contributed by atoms with E-state index in [0.29, 0.717) is 18.3 Å². The van der Waals surface area contributed by atoms with E-state index >= 15 is 0 Å². The zero-order valence-corrected chi connectivity index (χ0v) is 13.0. The SMILES string of the molecule is COCCCS(=O)C1CC(c2ccccc2)CCC1N. The highest BCUT2D eigenvalue weighted by Gasteiger charge is 2.32. The van der Waals surface area contributed by atoms with E-state index < -0.39 is 10.8 Å². The minimum absolute atomic E-state index is 0.0818. The largest absolute Gasteiger partial charge is 0.385 e. The van der Waals surface area contributed by atoms with E-state index in [9.17, 15) is 4.21 Å². The predicted octanol–water partition coefficient (Wildman–Crippen LogP) is 2.44. The van der Waals surface area contributed by atoms with Gasteiger partial charge in [-0.15, -0.1) is 0 Å². The van der Waals surface area contributed by atoms with Crippen LogP contribution in [0, 0.1) is 0 Å². The number of hydrogen-bond acceptors (Lipinski definition) is 3. The molecule has 20 heavy (non-hydrogen) atoms. The third-order valence-electron chi connectivity index (χ3n) is 4.15. The van der Waals surface area contributed by atoms with Gasteiger partial charge < -0.3 is 10.5 Å². The lowest BCUT2D eigenvalue weighted by molar-refractivity contribution is 0.199. The number of hydrogen-bond donors (Lipinski definition) is 1. The predicted molar refractivity (Wildman–Crippen MR) is 84.3 cm³/mol. The first kappa shape index (κ1) is 15.7. The summed E-state index contributed by atoms with van der Waals surface area (Å²) in [6.07, 6.45) is 3.88. The fourth-order valence-electron chi connectivity index (χ4n) is 2.98. The standard InChI is InChI=1S/C16H25NO2S/c1-19-10-5-11-20(18)16-12-14(8-9-15(16)17)13-6-3-2-4-7-13/h2-4,6-7,14-16H,5,8-12,17H2,1H3. The average Bonchev–Trinajstić information content (AvgIpc) is 2.49. The van der Waals surface area contributed by atoms with E-state index in [-0.39, 0.29) is 11.3 Å². The molecule has 1 aromatic carbocycles. The van der Waals surface area contributed by atoms with Gasteiger partial charge in [0.2, 0.25) is 0 Å². The normalized spacial score (nSPS) is 28.2. The molecule has 1 fully saturated rings. The molecule has 0 aromatic heterocycles. The molecule has 0 spiro atoms. The van der Waals surface area contributed by atoms with Crippen molar-refractivity contribution >= 4 is 10.8 Å². The molecule has 1 aliphatic rings. The van der Waals surface area contributed by atoms with Crippen LogP contribution in [-0.4, -0.2) is 35.0 Å². The molecule has 0 heterocycles. The monoisotopic (exact) mass is 295 g/mol. The van der Waals surface area contributed by atoms with Crippen LogP contribution in [0.3, 0.4) is 0 Å². The minimum Gasteiger partial charge on any atom is -0.385 e. The van der Waals surface area contributed by atoms with Crippen molar-refractivity contribution in [2.24, 2.45) is 5.73 Å². The molecule has 112 valence electrons. The quantitative estimate of drug-likeness (QED) is 0.820. The zero-order chi connectivity index (χ0) is 14.4. The maximum atomic E-state index is 12.4. The van der Waals surface area contributed by atoms with Gasteiger partial charge in [-0.3, -0.25) is 4.21 Å². The molecule has 0 amide bonds. The van der Waals surface area contributed by atoms with Crippen molar-refractivity contribution in [2.75, 3.05) is 19.5 Å². The second kappa shape index (κ2) is 7.91. The first-order valence-electron chi connectivity index (χ1n) is 7.39. The summed E-state index contributed by atoms with van der Waals surface area (Å²) >= 11 is 0. The van der Waals surface area contributed by atoms with Crippen molar-refractivity contribution in [3.8, 4) is 0 Å². The molecule has 2 N–H and O–H groups in total. The Hall–Kier alpha value is -0.710. The van der Waals surface area contributed by atoms with Gasteiger partial charge in [-0.05, 0) is 37.2 Å². The van der Waals surface area contributed by atoms with Gasteiger partial charge in [0.05, 0.1) is 5.25 Å². The lowest BCUT2D eigenvalue weighted by Crippen LogP contribution is -2.43. The molecule has 0 aliphatic heterocycles. The number of rotatable bonds is 6. The molecule has 0 saturated heterocycles. The summed E-state index contributed by atoms with van der Waals surface area (Å²) in [4.78, 5) is 0. The van der Waals surface area contributed by atoms with E-state index in [4.69, 9.17) is 10.5 Å². The highest BCUT2D eigenvalue weighted by molar-refractivity contribution is 7.85. The molecule has 4 heteroatoms. The highest BCUT2D eigenvalue weighted by Crippen LogP contribution is 2.34. The van der Waals surface area contributed by atoms with Crippen LogP contribution < -0.4 is 5.73 Å². The molecule has 1 aromatic rings. The Bertz CT molecular complexity index is 424. The number of methoxy groups -OCH3 is 1. The second-order valence-corrected chi connectivity index (χ2v) is 7.33. The smallest absolute Gasteiger partial charge is 0.0504 e. The summed E-state index contributed by atoms with van der Waals surface area (Å²) in [5.41, 5.74) is 7.56. The molecule has 1 saturated carbocycles. The lowest BCUT2D eigenvalue weighted by atomic mass is 9.82. The lowest BCUT2D eigenvalue weighted by Gasteiger charge is -2.33. The zero-order valence-electron chi connectivity index (χ0n) is 12.2. The summed E-state index contributed by atoms with van der Waals surface area (Å²) in [6, 6.07) is 10.6. The van der Waals surface area contributed by atoms with E-state index in [2.05, 4.69) is 24.3 Å². The number of nitrogens with two attached hydrogens (primary N) is 1. The van der Waals surface area contributed by atoms with E-state index in [1.54, 1.807) is 7.11 Å². The fourth-order valence-corrected chi connectivity index (χ4v) is 4.66. The van der Waals surface area contributed by atoms with Gasteiger partial charge in [-0.2, -0.15) is 0 Å². The van der Waals surface area contributed by atoms with Gasteiger partial charge in [0.1, 0.15) is 0 Å². The van der Waals surface area contributed by atoms with Crippen molar-refractivity contribution < 1.29 is 8.95 Å². The van der Waals surface area contributed by atoms with E-state index in [0.717, 1.165) is 25.7 Å². The van der Waals surface area contributed by atoms with Crippen molar-refractivity contribution in [2.45, 2.75) is 42.9 Å². The van der Waals surface area contributed by atoms with Crippen LogP contribution in [0.1, 0.15) is 37.2 Å². The summed E-state index contributed by atoms with van der Waals surface area (Å²) in [7, 11) is 0.844. The summed E-state index contributed by atoms with van der Waals surface area (Å²) < 4.78 is 17.5. The molecule has 4 unspecified atom stereocenters. The average molecular weight is 295 g/mol. The maximum absolute atomic E-state index is 12.4. The van der Waals surface area contributed by atoms with Crippen LogP contribution in [0.2, 0.25) is 0 Å². The van der Waals surface area contributed by atoms with Gasteiger partial charge in [0.15, 0.2) is 0 Å². The number of ether oxygens (including phenoxy) is 1. The van der Waals surface area contributed by atoms with Crippen molar-refractivity contribution in [1.82, 2.24) is 0 Å². The van der Waals surface area contributed by atoms with Crippen LogP contribution in [0.5, 0.6) is 0 Å². The molecular formula is C16H25NO2S. The van der Waals surface area contributed by atoms with Crippen LogP contribution in [0.25, 0.3) is 0 Å². The fraction of sp³-hybridized carbons (Fsp3) is 0.625. The van der Waals surface area contributed by atoms with Crippen LogP contribution in [-0.2, 0) is 15.5 Å². The van der Waals surface area contributed by atoms with Gasteiger partial charge in [-0.1, -0.05) is 30.3 Å². The summed E-state index contributed by atoms with van der Waals surface area (Å²) in [6.45, 7) is 0.676. The third-order valence-corrected chi connectivity index (χ3v) is 6.05. The van der Waals surface area contributed by atoms with E-state index in [1.807, 2.05) is 6.07 Å². The van der Waals surface area contributed by atoms with Crippen LogP contribution in [0.4, 0.5) is 0 Å².